The maximum Gasteiger partial charge on any atom is 0.253 e. The Hall–Kier alpha value is -1.63. The van der Waals surface area contributed by atoms with E-state index in [2.05, 4.69) is 17.6 Å². The number of carbonyl (C=O) groups is 2. The van der Waals surface area contributed by atoms with E-state index >= 15 is 0 Å². The highest BCUT2D eigenvalue weighted by Crippen LogP contribution is 2.21. The van der Waals surface area contributed by atoms with Crippen LogP contribution < -0.4 is 10.6 Å². The van der Waals surface area contributed by atoms with E-state index in [0.29, 0.717) is 24.6 Å². The normalized spacial score (nSPS) is 16.7. The molecule has 1 fully saturated rings. The summed E-state index contributed by atoms with van der Waals surface area (Å²) in [4.78, 5) is 26.5. The number of nitrogens with zero attached hydrogens (tertiary/aromatic N) is 1. The zero-order valence-electron chi connectivity index (χ0n) is 15.8. The first-order chi connectivity index (χ1) is 12.0. The van der Waals surface area contributed by atoms with E-state index in [1.54, 1.807) is 13.2 Å². The summed E-state index contributed by atoms with van der Waals surface area (Å²) in [6.45, 7) is 7.17. The Morgan fingerprint density at radius 1 is 1.35 bits per heavy atom. The number of aryl methyl sites for hydroxylation is 1. The SMILES string of the molecule is COCCNCC(=O)Nc1ccc(C(=O)N2CCCC(C)C2)cc1C.Cl. The van der Waals surface area contributed by atoms with Gasteiger partial charge in [0, 0.05) is 38.0 Å². The first-order valence-electron chi connectivity index (χ1n) is 8.90. The quantitative estimate of drug-likeness (QED) is 0.709. The molecule has 7 heteroatoms. The van der Waals surface area contributed by atoms with Crippen molar-refractivity contribution < 1.29 is 14.3 Å². The molecule has 0 radical (unpaired) electrons. The highest BCUT2D eigenvalue weighted by molar-refractivity contribution is 5.97. The lowest BCUT2D eigenvalue weighted by atomic mass is 9.99. The standard InChI is InChI=1S/C19H29N3O3.ClH/c1-14-5-4-9-22(13-14)19(24)16-6-7-17(15(2)11-16)21-18(23)12-20-8-10-25-3;/h6-7,11,14,20H,4-5,8-10,12-13H2,1-3H3,(H,21,23);1H. The largest absolute Gasteiger partial charge is 0.383 e. The lowest BCUT2D eigenvalue weighted by Gasteiger charge is -2.31. The van der Waals surface area contributed by atoms with E-state index in [0.717, 1.165) is 30.8 Å². The summed E-state index contributed by atoms with van der Waals surface area (Å²) in [6.07, 6.45) is 2.25. The van der Waals surface area contributed by atoms with Crippen LogP contribution in [0.5, 0.6) is 0 Å². The van der Waals surface area contributed by atoms with E-state index in [1.165, 1.54) is 6.42 Å². The van der Waals surface area contributed by atoms with Crippen molar-refractivity contribution in [3.05, 3.63) is 29.3 Å². The molecule has 1 unspecified atom stereocenters. The van der Waals surface area contributed by atoms with Crippen LogP contribution in [0, 0.1) is 12.8 Å². The molecule has 2 amide bonds. The predicted octanol–water partition coefficient (Wildman–Crippen LogP) is 2.46. The van der Waals surface area contributed by atoms with Crippen LogP contribution in [0.15, 0.2) is 18.2 Å². The van der Waals surface area contributed by atoms with Gasteiger partial charge in [-0.15, -0.1) is 12.4 Å². The summed E-state index contributed by atoms with van der Waals surface area (Å²) >= 11 is 0. The number of carbonyl (C=O) groups excluding carboxylic acids is 2. The van der Waals surface area contributed by atoms with Crippen molar-refractivity contribution in [3.8, 4) is 0 Å². The number of nitrogens with one attached hydrogen (secondary N) is 2. The van der Waals surface area contributed by atoms with Gasteiger partial charge < -0.3 is 20.3 Å². The lowest BCUT2D eigenvalue weighted by Crippen LogP contribution is -2.39. The molecule has 1 atom stereocenters. The molecule has 1 aromatic carbocycles. The molecule has 1 aromatic rings. The fourth-order valence-electron chi connectivity index (χ4n) is 3.06. The van der Waals surface area contributed by atoms with Gasteiger partial charge in [0.15, 0.2) is 0 Å². The van der Waals surface area contributed by atoms with Crippen LogP contribution in [0.4, 0.5) is 5.69 Å². The van der Waals surface area contributed by atoms with Gasteiger partial charge in [0.05, 0.1) is 13.2 Å². The minimum atomic E-state index is -0.108. The van der Waals surface area contributed by atoms with Crippen molar-refractivity contribution in [1.29, 1.82) is 0 Å². The van der Waals surface area contributed by atoms with Crippen LogP contribution in [0.1, 0.15) is 35.7 Å². The average Bonchev–Trinajstić information content (AvgIpc) is 2.60. The number of halogens is 1. The Morgan fingerprint density at radius 3 is 2.77 bits per heavy atom. The summed E-state index contributed by atoms with van der Waals surface area (Å²) in [5.41, 5.74) is 2.31. The second-order valence-electron chi connectivity index (χ2n) is 6.75. The Balaban J connectivity index is 0.00000338. The fraction of sp³-hybridized carbons (Fsp3) is 0.579. The minimum Gasteiger partial charge on any atom is -0.383 e. The monoisotopic (exact) mass is 383 g/mol. The zero-order valence-corrected chi connectivity index (χ0v) is 16.7. The molecule has 6 nitrogen and oxygen atoms in total. The van der Waals surface area contributed by atoms with Gasteiger partial charge in [0.2, 0.25) is 5.91 Å². The molecular weight excluding hydrogens is 354 g/mol. The average molecular weight is 384 g/mol. The second kappa shape index (κ2) is 11.2. The van der Waals surface area contributed by atoms with Crippen molar-refractivity contribution in [3.63, 3.8) is 0 Å². The van der Waals surface area contributed by atoms with Crippen molar-refractivity contribution in [2.45, 2.75) is 26.7 Å². The number of hydrogen-bond donors (Lipinski definition) is 2. The van der Waals surface area contributed by atoms with Gasteiger partial charge in [0.25, 0.3) is 5.91 Å². The number of ether oxygens (including phenoxy) is 1. The number of hydrogen-bond acceptors (Lipinski definition) is 4. The molecular formula is C19H30ClN3O3. The zero-order chi connectivity index (χ0) is 18.2. The predicted molar refractivity (Wildman–Crippen MR) is 106 cm³/mol. The van der Waals surface area contributed by atoms with Gasteiger partial charge in [-0.25, -0.2) is 0 Å². The second-order valence-corrected chi connectivity index (χ2v) is 6.75. The first kappa shape index (κ1) is 22.4. The molecule has 0 aliphatic carbocycles. The molecule has 26 heavy (non-hydrogen) atoms. The van der Waals surface area contributed by atoms with Gasteiger partial charge in [-0.1, -0.05) is 6.92 Å². The summed E-state index contributed by atoms with van der Waals surface area (Å²) < 4.78 is 4.92. The van der Waals surface area contributed by atoms with Gasteiger partial charge >= 0.3 is 0 Å². The molecule has 2 N–H and O–H groups in total. The molecule has 1 heterocycles. The Kier molecular flexibility index (Phi) is 9.62. The third kappa shape index (κ3) is 6.59. The van der Waals surface area contributed by atoms with E-state index in [1.807, 2.05) is 24.0 Å². The summed E-state index contributed by atoms with van der Waals surface area (Å²) in [5, 5.41) is 5.88. The molecule has 2 rings (SSSR count). The first-order valence-corrected chi connectivity index (χ1v) is 8.90. The third-order valence-corrected chi connectivity index (χ3v) is 4.46. The van der Waals surface area contributed by atoms with Crippen LogP contribution in [0.25, 0.3) is 0 Å². The Bertz CT molecular complexity index is 610. The molecule has 0 aromatic heterocycles. The summed E-state index contributed by atoms with van der Waals surface area (Å²) in [7, 11) is 1.62. The number of anilines is 1. The van der Waals surface area contributed by atoms with Crippen LogP contribution in [-0.4, -0.2) is 56.6 Å². The lowest BCUT2D eigenvalue weighted by molar-refractivity contribution is -0.115. The van der Waals surface area contributed by atoms with E-state index < -0.39 is 0 Å². The van der Waals surface area contributed by atoms with Gasteiger partial charge in [0.1, 0.15) is 0 Å². The Labute approximate surface area is 162 Å². The van der Waals surface area contributed by atoms with E-state index in [9.17, 15) is 9.59 Å². The topological polar surface area (TPSA) is 70.7 Å². The summed E-state index contributed by atoms with van der Waals surface area (Å²) in [6, 6.07) is 5.46. The minimum absolute atomic E-state index is 0. The number of piperidine rings is 1. The molecule has 1 aliphatic rings. The van der Waals surface area contributed by atoms with E-state index in [-0.39, 0.29) is 30.8 Å². The van der Waals surface area contributed by atoms with Crippen LogP contribution in [0.3, 0.4) is 0 Å². The molecule has 0 bridgehead atoms. The highest BCUT2D eigenvalue weighted by atomic mass is 35.5. The van der Waals surface area contributed by atoms with Crippen molar-refractivity contribution in [2.75, 3.05) is 45.2 Å². The van der Waals surface area contributed by atoms with Crippen LogP contribution in [0.2, 0.25) is 0 Å². The maximum absolute atomic E-state index is 12.7. The molecule has 0 spiro atoms. The number of amides is 2. The number of methoxy groups -OCH3 is 1. The van der Waals surface area contributed by atoms with E-state index in [4.69, 9.17) is 4.74 Å². The van der Waals surface area contributed by atoms with Crippen molar-refractivity contribution in [1.82, 2.24) is 10.2 Å². The molecule has 0 saturated carbocycles. The van der Waals surface area contributed by atoms with Crippen molar-refractivity contribution in [2.24, 2.45) is 5.92 Å². The number of rotatable bonds is 7. The van der Waals surface area contributed by atoms with Gasteiger partial charge in [-0.2, -0.15) is 0 Å². The summed E-state index contributed by atoms with van der Waals surface area (Å²) in [5.74, 6) is 0.528. The van der Waals surface area contributed by atoms with Crippen LogP contribution >= 0.6 is 12.4 Å². The molecule has 1 saturated heterocycles. The molecule has 1 aliphatic heterocycles. The maximum atomic E-state index is 12.7. The number of likely N-dealkylation sites (tertiary alicyclic amines) is 1. The van der Waals surface area contributed by atoms with Gasteiger partial charge in [-0.3, -0.25) is 9.59 Å². The van der Waals surface area contributed by atoms with Crippen molar-refractivity contribution >= 4 is 29.9 Å². The van der Waals surface area contributed by atoms with Gasteiger partial charge in [-0.05, 0) is 49.4 Å². The number of benzene rings is 1. The highest BCUT2D eigenvalue weighted by Gasteiger charge is 2.22. The Morgan fingerprint density at radius 2 is 2.12 bits per heavy atom. The van der Waals surface area contributed by atoms with Crippen LogP contribution in [-0.2, 0) is 9.53 Å². The smallest absolute Gasteiger partial charge is 0.253 e. The molecule has 146 valence electrons. The fourth-order valence-corrected chi connectivity index (χ4v) is 3.06. The third-order valence-electron chi connectivity index (χ3n) is 4.46.